The fourth-order valence-corrected chi connectivity index (χ4v) is 7.58. The van der Waals surface area contributed by atoms with Crippen LogP contribution in [0.2, 0.25) is 0 Å². The van der Waals surface area contributed by atoms with Crippen LogP contribution in [0.4, 0.5) is 0 Å². The first-order valence-electron chi connectivity index (χ1n) is 25.7. The summed E-state index contributed by atoms with van der Waals surface area (Å²) in [5, 5.41) is 31.4. The average Bonchev–Trinajstić information content (AvgIpc) is 4.22. The summed E-state index contributed by atoms with van der Waals surface area (Å²) in [6.45, 7) is 37.9. The Morgan fingerprint density at radius 1 is 0.333 bits per heavy atom. The predicted octanol–water partition coefficient (Wildman–Crippen LogP) is 11.5. The molecule has 0 N–H and O–H groups in total. The summed E-state index contributed by atoms with van der Waals surface area (Å²) < 4.78 is 33.7. The van der Waals surface area contributed by atoms with Gasteiger partial charge in [0.1, 0.15) is 58.5 Å². The van der Waals surface area contributed by atoms with E-state index in [1.165, 1.54) is 23.1 Å². The number of thiazole rings is 2. The molecule has 12 aromatic heterocycles. The van der Waals surface area contributed by atoms with Crippen molar-refractivity contribution < 1.29 is 17.9 Å². The summed E-state index contributed by atoms with van der Waals surface area (Å²) in [4.78, 5) is 39.6. The zero-order valence-electron chi connectivity index (χ0n) is 52.9. The van der Waals surface area contributed by atoms with Crippen molar-refractivity contribution in [3.05, 3.63) is 173 Å². The topological polar surface area (TPSA) is 304 Å². The van der Waals surface area contributed by atoms with E-state index < -0.39 is 0 Å². The van der Waals surface area contributed by atoms with Crippen LogP contribution in [0.1, 0.15) is 113 Å². The SMILES string of the molecule is Cc1ccn(C)n1.Cc1ccn(C)n1.Cc1coc(C)n1.Cc1coc(C)n1.Cc1csc(C)n1.Cc1csc(C)n1.Cc1ncn(C)n1.Cc1ncn(C)n1.Cc1noc(C)n1.Cc1noc(C)n1.Cc1nsc(C)n1.Cc1nsc(C)n1. The summed E-state index contributed by atoms with van der Waals surface area (Å²) in [6.07, 6.45) is 10.5. The Hall–Kier alpha value is -8.22. The molecular weight excluding hydrogens is 1150 g/mol. The van der Waals surface area contributed by atoms with Crippen LogP contribution in [0.25, 0.3) is 0 Å². The molecule has 0 atom stereocenters. The van der Waals surface area contributed by atoms with E-state index in [1.54, 1.807) is 94.3 Å². The Morgan fingerprint density at radius 2 is 0.690 bits per heavy atom. The van der Waals surface area contributed by atoms with Crippen molar-refractivity contribution in [2.24, 2.45) is 28.2 Å². The van der Waals surface area contributed by atoms with E-state index in [2.05, 4.69) is 109 Å². The molecule has 0 aliphatic heterocycles. The van der Waals surface area contributed by atoms with Crippen molar-refractivity contribution in [1.82, 2.24) is 108 Å². The molecule has 84 heavy (non-hydrogen) atoms. The molecule has 30 heteroatoms. The number of nitrogens with zero attached hydrogens (tertiary/aromatic N) is 22. The molecule has 12 aromatic rings. The van der Waals surface area contributed by atoms with Gasteiger partial charge in [-0.1, -0.05) is 10.3 Å². The van der Waals surface area contributed by atoms with E-state index >= 15 is 0 Å². The highest BCUT2D eigenvalue weighted by atomic mass is 32.1. The second kappa shape index (κ2) is 40.9. The van der Waals surface area contributed by atoms with Gasteiger partial charge in [0, 0.05) is 90.4 Å². The molecule has 456 valence electrons. The van der Waals surface area contributed by atoms with Crippen LogP contribution < -0.4 is 0 Å². The Morgan fingerprint density at radius 3 is 0.762 bits per heavy atom. The van der Waals surface area contributed by atoms with Gasteiger partial charge in [0.05, 0.1) is 32.8 Å². The zero-order valence-corrected chi connectivity index (χ0v) is 56.1. The number of aromatic nitrogens is 22. The van der Waals surface area contributed by atoms with E-state index in [-0.39, 0.29) is 0 Å². The first-order valence-corrected chi connectivity index (χ1v) is 29.0. The summed E-state index contributed by atoms with van der Waals surface area (Å²) in [5.41, 5.74) is 6.28. The summed E-state index contributed by atoms with van der Waals surface area (Å²) in [5.74, 6) is 7.50. The van der Waals surface area contributed by atoms with Gasteiger partial charge in [0.2, 0.25) is 11.8 Å². The molecule has 0 aliphatic carbocycles. The molecule has 0 radical (unpaired) electrons. The van der Waals surface area contributed by atoms with Crippen molar-refractivity contribution in [2.75, 3.05) is 0 Å². The fraction of sp³-hybridized carbons (Fsp3) is 0.444. The van der Waals surface area contributed by atoms with E-state index in [9.17, 15) is 0 Å². The van der Waals surface area contributed by atoms with Crippen molar-refractivity contribution >= 4 is 45.7 Å². The third-order valence-electron chi connectivity index (χ3n) is 8.57. The summed E-state index contributed by atoms with van der Waals surface area (Å²) >= 11 is 6.27. The minimum absolute atomic E-state index is 0.623. The van der Waals surface area contributed by atoms with Crippen LogP contribution in [0.3, 0.4) is 0 Å². The molecule has 0 aromatic carbocycles. The van der Waals surface area contributed by atoms with Gasteiger partial charge >= 0.3 is 0 Å². The molecule has 0 saturated carbocycles. The van der Waals surface area contributed by atoms with Gasteiger partial charge in [-0.25, -0.2) is 39.9 Å². The van der Waals surface area contributed by atoms with Crippen molar-refractivity contribution in [3.8, 4) is 0 Å². The second-order valence-corrected chi connectivity index (χ2v) is 21.7. The summed E-state index contributed by atoms with van der Waals surface area (Å²) in [7, 11) is 7.51. The minimum atomic E-state index is 0.623. The Labute approximate surface area is 508 Å². The van der Waals surface area contributed by atoms with Crippen LogP contribution in [0, 0.1) is 138 Å². The van der Waals surface area contributed by atoms with Gasteiger partial charge in [-0.2, -0.15) is 39.1 Å². The predicted molar refractivity (Wildman–Crippen MR) is 329 cm³/mol. The van der Waals surface area contributed by atoms with Crippen molar-refractivity contribution in [2.45, 2.75) is 138 Å². The lowest BCUT2D eigenvalue weighted by Crippen LogP contribution is -1.86. The van der Waals surface area contributed by atoms with Gasteiger partial charge in [0.25, 0.3) is 0 Å². The molecule has 0 spiro atoms. The zero-order chi connectivity index (χ0) is 63.3. The average molecular weight is 1230 g/mol. The maximum atomic E-state index is 4.85. The molecule has 12 heterocycles. The van der Waals surface area contributed by atoms with Gasteiger partial charge in [0.15, 0.2) is 23.4 Å². The van der Waals surface area contributed by atoms with Gasteiger partial charge < -0.3 is 17.9 Å². The number of hydrogen-bond acceptors (Lipinski definition) is 26. The molecule has 12 rings (SSSR count). The van der Waals surface area contributed by atoms with Gasteiger partial charge in [-0.05, 0) is 146 Å². The Bertz CT molecular complexity index is 2520. The van der Waals surface area contributed by atoms with Crippen molar-refractivity contribution in [3.63, 3.8) is 0 Å². The fourth-order valence-electron chi connectivity index (χ4n) is 5.45. The maximum absolute atomic E-state index is 4.85. The number of aryl methyl sites for hydroxylation is 24. The van der Waals surface area contributed by atoms with Crippen LogP contribution in [0.5, 0.6) is 0 Å². The van der Waals surface area contributed by atoms with E-state index in [0.717, 1.165) is 89.3 Å². The van der Waals surface area contributed by atoms with E-state index in [4.69, 9.17) is 8.83 Å². The number of hydrogen-bond donors (Lipinski definition) is 0. The molecule has 26 nitrogen and oxygen atoms in total. The maximum Gasteiger partial charge on any atom is 0.223 e. The molecular formula is C54H82N22O4S4. The third kappa shape index (κ3) is 39.3. The standard InChI is InChI=1S/2C5H8N2.2C5H7NO.2C5H7NS.2C4H7N3.2C4H6N2O.2C4H6N2S/c2*1-5-3-4-7(2)6-5;4*1-4-3-7-5(2)6-4;2*1-4-5-3-7(2)6-4;4*1-3-5-4(2)7-6-3/h2*3-4H,1-2H3;6*3H,1-2H3;4*1-2H3. The summed E-state index contributed by atoms with van der Waals surface area (Å²) in [6, 6.07) is 3.94. The monoisotopic (exact) mass is 1230 g/mol. The second-order valence-electron chi connectivity index (χ2n) is 17.7. The highest BCUT2D eigenvalue weighted by Crippen LogP contribution is 2.06. The lowest BCUT2D eigenvalue weighted by Gasteiger charge is -1.79. The van der Waals surface area contributed by atoms with Gasteiger partial charge in [-0.3, -0.25) is 18.7 Å². The van der Waals surface area contributed by atoms with Crippen molar-refractivity contribution in [1.29, 1.82) is 0 Å². The van der Waals surface area contributed by atoms with Crippen LogP contribution in [-0.2, 0) is 28.2 Å². The van der Waals surface area contributed by atoms with Crippen LogP contribution >= 0.6 is 45.7 Å². The normalized spacial score (nSPS) is 9.43. The first-order chi connectivity index (χ1) is 39.5. The smallest absolute Gasteiger partial charge is 0.223 e. The highest BCUT2D eigenvalue weighted by Gasteiger charge is 1.94. The molecule has 0 fully saturated rings. The van der Waals surface area contributed by atoms with Gasteiger partial charge in [-0.15, -0.1) is 22.7 Å². The first kappa shape index (κ1) is 73.8. The molecule has 0 amide bonds. The molecule has 0 unspecified atom stereocenters. The van der Waals surface area contributed by atoms with E-state index in [1.807, 2.05) is 163 Å². The highest BCUT2D eigenvalue weighted by molar-refractivity contribution is 7.09. The molecule has 0 saturated heterocycles. The molecule has 0 bridgehead atoms. The quantitative estimate of drug-likeness (QED) is 0.136. The Kier molecular flexibility index (Phi) is 35.9. The Balaban J connectivity index is 0.000000458. The minimum Gasteiger partial charge on any atom is -0.449 e. The lowest BCUT2D eigenvalue weighted by atomic mass is 10.5. The number of oxazole rings is 2. The van der Waals surface area contributed by atoms with Crippen LogP contribution in [-0.4, -0.2) is 108 Å². The van der Waals surface area contributed by atoms with E-state index in [0.29, 0.717) is 23.4 Å². The van der Waals surface area contributed by atoms with Crippen LogP contribution in [0.15, 0.2) is 78.3 Å². The third-order valence-corrected chi connectivity index (χ3v) is 11.8. The largest absolute Gasteiger partial charge is 0.449 e. The number of rotatable bonds is 0. The lowest BCUT2D eigenvalue weighted by molar-refractivity contribution is 0.389. The molecule has 0 aliphatic rings.